The first kappa shape index (κ1) is 21.5. The van der Waals surface area contributed by atoms with E-state index in [0.717, 1.165) is 23.4 Å². The summed E-state index contributed by atoms with van der Waals surface area (Å²) >= 11 is 5.95. The zero-order valence-electron chi connectivity index (χ0n) is 19.5. The van der Waals surface area contributed by atoms with Gasteiger partial charge < -0.3 is 5.32 Å². The third kappa shape index (κ3) is 4.07. The van der Waals surface area contributed by atoms with Gasteiger partial charge in [0.05, 0.1) is 11.8 Å². The predicted octanol–water partition coefficient (Wildman–Crippen LogP) is 7.85. The Morgan fingerprint density at radius 3 is 2.06 bits per heavy atom. The van der Waals surface area contributed by atoms with Gasteiger partial charge in [-0.2, -0.15) is 5.10 Å². The number of benzene rings is 5. The lowest BCUT2D eigenvalue weighted by Gasteiger charge is -2.27. The zero-order valence-corrected chi connectivity index (χ0v) is 20.3. The highest BCUT2D eigenvalue weighted by Gasteiger charge is 2.33. The SMILES string of the molecule is Cc1ccc(C2=NN(C(=S)Nc3ccccc3)C(c3c4ccccc4cc4ccccc34)C2)cc1. The van der Waals surface area contributed by atoms with Crippen molar-refractivity contribution in [3.05, 3.63) is 126 Å². The molecule has 0 saturated heterocycles. The van der Waals surface area contributed by atoms with E-state index >= 15 is 0 Å². The van der Waals surface area contributed by atoms with E-state index in [4.69, 9.17) is 17.3 Å². The maximum absolute atomic E-state index is 5.95. The molecule has 0 amide bonds. The molecule has 5 aromatic rings. The Morgan fingerprint density at radius 1 is 0.800 bits per heavy atom. The third-order valence-corrected chi connectivity index (χ3v) is 6.96. The third-order valence-electron chi connectivity index (χ3n) is 6.67. The minimum atomic E-state index is -0.0222. The number of fused-ring (bicyclic) bond motifs is 2. The van der Waals surface area contributed by atoms with Crippen LogP contribution in [0.1, 0.15) is 29.2 Å². The molecule has 0 saturated carbocycles. The molecule has 35 heavy (non-hydrogen) atoms. The Balaban J connectivity index is 1.51. The Bertz CT molecular complexity index is 1520. The van der Waals surface area contributed by atoms with Gasteiger partial charge in [0.25, 0.3) is 0 Å². The Kier molecular flexibility index (Phi) is 5.51. The van der Waals surface area contributed by atoms with Crippen molar-refractivity contribution < 1.29 is 0 Å². The van der Waals surface area contributed by atoms with E-state index < -0.39 is 0 Å². The van der Waals surface area contributed by atoms with Crippen molar-refractivity contribution in [2.24, 2.45) is 5.10 Å². The molecular formula is C31H25N3S. The van der Waals surface area contributed by atoms with E-state index in [1.165, 1.54) is 32.7 Å². The molecule has 0 fully saturated rings. The van der Waals surface area contributed by atoms with Crippen molar-refractivity contribution in [2.45, 2.75) is 19.4 Å². The molecule has 1 aliphatic heterocycles. The number of thiocarbonyl (C=S) groups is 1. The molecule has 6 rings (SSSR count). The fraction of sp³-hybridized carbons (Fsp3) is 0.0968. The molecule has 5 aromatic carbocycles. The van der Waals surface area contributed by atoms with Crippen LogP contribution in [-0.2, 0) is 0 Å². The molecule has 0 radical (unpaired) electrons. The fourth-order valence-corrected chi connectivity index (χ4v) is 5.24. The predicted molar refractivity (Wildman–Crippen MR) is 151 cm³/mol. The van der Waals surface area contributed by atoms with Crippen molar-refractivity contribution in [2.75, 3.05) is 5.32 Å². The number of hydrogen-bond donors (Lipinski definition) is 1. The molecule has 1 aliphatic rings. The highest BCUT2D eigenvalue weighted by molar-refractivity contribution is 7.80. The molecule has 0 spiro atoms. The minimum Gasteiger partial charge on any atom is -0.331 e. The van der Waals surface area contributed by atoms with Crippen LogP contribution in [0, 0.1) is 6.92 Å². The molecule has 4 heteroatoms. The zero-order chi connectivity index (χ0) is 23.8. The molecule has 3 nitrogen and oxygen atoms in total. The van der Waals surface area contributed by atoms with Gasteiger partial charge in [0, 0.05) is 12.1 Å². The van der Waals surface area contributed by atoms with Gasteiger partial charge in [-0.1, -0.05) is 96.6 Å². The van der Waals surface area contributed by atoms with Crippen LogP contribution in [0.15, 0.2) is 114 Å². The number of rotatable bonds is 3. The molecule has 0 bridgehead atoms. The Hall–Kier alpha value is -4.02. The average Bonchev–Trinajstić information content (AvgIpc) is 3.33. The number of hydrogen-bond acceptors (Lipinski definition) is 2. The molecular weight excluding hydrogens is 446 g/mol. The lowest BCUT2D eigenvalue weighted by molar-refractivity contribution is 0.379. The first-order chi connectivity index (χ1) is 17.2. The lowest BCUT2D eigenvalue weighted by atomic mass is 9.89. The van der Waals surface area contributed by atoms with Crippen LogP contribution in [0.2, 0.25) is 0 Å². The molecule has 170 valence electrons. The molecule has 1 unspecified atom stereocenters. The van der Waals surface area contributed by atoms with Crippen LogP contribution in [0.3, 0.4) is 0 Å². The van der Waals surface area contributed by atoms with Gasteiger partial charge in [-0.3, -0.25) is 0 Å². The van der Waals surface area contributed by atoms with Crippen LogP contribution in [-0.4, -0.2) is 15.8 Å². The van der Waals surface area contributed by atoms with Gasteiger partial charge in [-0.15, -0.1) is 0 Å². The molecule has 0 aromatic heterocycles. The van der Waals surface area contributed by atoms with Gasteiger partial charge in [-0.25, -0.2) is 5.01 Å². The summed E-state index contributed by atoms with van der Waals surface area (Å²) in [6, 6.07) is 38.1. The summed E-state index contributed by atoms with van der Waals surface area (Å²) in [7, 11) is 0. The standard InChI is InChI=1S/C31H25N3S/c1-21-15-17-22(18-16-21)28-20-29(34(33-28)31(35)32-25-11-3-2-4-12-25)30-26-13-7-5-9-23(26)19-24-10-6-8-14-27(24)30/h2-19,29H,20H2,1H3,(H,32,35). The summed E-state index contributed by atoms with van der Waals surface area (Å²) in [5, 5.41) is 16.1. The van der Waals surface area contributed by atoms with Crippen molar-refractivity contribution >= 4 is 50.3 Å². The Labute approximate surface area is 210 Å². The summed E-state index contributed by atoms with van der Waals surface area (Å²) in [6.45, 7) is 2.11. The second kappa shape index (κ2) is 8.97. The summed E-state index contributed by atoms with van der Waals surface area (Å²) in [5.41, 5.74) is 5.64. The van der Waals surface area contributed by atoms with E-state index in [0.29, 0.717) is 5.11 Å². The van der Waals surface area contributed by atoms with Gasteiger partial charge in [0.15, 0.2) is 5.11 Å². The fourth-order valence-electron chi connectivity index (χ4n) is 4.95. The largest absolute Gasteiger partial charge is 0.331 e. The van der Waals surface area contributed by atoms with Crippen LogP contribution < -0.4 is 5.32 Å². The van der Waals surface area contributed by atoms with Crippen molar-refractivity contribution in [3.63, 3.8) is 0 Å². The number of para-hydroxylation sites is 1. The van der Waals surface area contributed by atoms with E-state index in [2.05, 4.69) is 91.1 Å². The molecule has 1 N–H and O–H groups in total. The smallest absolute Gasteiger partial charge is 0.194 e. The van der Waals surface area contributed by atoms with Crippen LogP contribution in [0.5, 0.6) is 0 Å². The molecule has 0 aliphatic carbocycles. The van der Waals surface area contributed by atoms with Gasteiger partial charge >= 0.3 is 0 Å². The second-order valence-corrected chi connectivity index (χ2v) is 9.39. The quantitative estimate of drug-likeness (QED) is 0.214. The number of hydrazone groups is 1. The van der Waals surface area contributed by atoms with Gasteiger partial charge in [-0.05, 0) is 70.0 Å². The van der Waals surface area contributed by atoms with Crippen LogP contribution in [0.4, 0.5) is 5.69 Å². The lowest BCUT2D eigenvalue weighted by Crippen LogP contribution is -2.31. The topological polar surface area (TPSA) is 27.6 Å². The summed E-state index contributed by atoms with van der Waals surface area (Å²) in [4.78, 5) is 0. The Morgan fingerprint density at radius 2 is 1.40 bits per heavy atom. The normalized spacial score (nSPS) is 15.4. The minimum absolute atomic E-state index is 0.0222. The summed E-state index contributed by atoms with van der Waals surface area (Å²) in [5.74, 6) is 0. The van der Waals surface area contributed by atoms with Crippen molar-refractivity contribution in [1.29, 1.82) is 0 Å². The highest BCUT2D eigenvalue weighted by atomic mass is 32.1. The maximum atomic E-state index is 5.95. The summed E-state index contributed by atoms with van der Waals surface area (Å²) < 4.78 is 0. The highest BCUT2D eigenvalue weighted by Crippen LogP contribution is 2.41. The number of nitrogens with one attached hydrogen (secondary N) is 1. The van der Waals surface area contributed by atoms with Gasteiger partial charge in [0.1, 0.15) is 0 Å². The first-order valence-electron chi connectivity index (χ1n) is 11.9. The van der Waals surface area contributed by atoms with E-state index in [9.17, 15) is 0 Å². The van der Waals surface area contributed by atoms with Gasteiger partial charge in [0.2, 0.25) is 0 Å². The number of nitrogens with zero attached hydrogens (tertiary/aromatic N) is 2. The van der Waals surface area contributed by atoms with E-state index in [1.807, 2.05) is 35.3 Å². The van der Waals surface area contributed by atoms with Crippen LogP contribution >= 0.6 is 12.2 Å². The number of anilines is 1. The average molecular weight is 472 g/mol. The number of aryl methyl sites for hydroxylation is 1. The molecule has 1 heterocycles. The van der Waals surface area contributed by atoms with Crippen LogP contribution in [0.25, 0.3) is 21.5 Å². The summed E-state index contributed by atoms with van der Waals surface area (Å²) in [6.07, 6.45) is 0.775. The van der Waals surface area contributed by atoms with Crippen molar-refractivity contribution in [3.8, 4) is 0 Å². The monoisotopic (exact) mass is 471 g/mol. The molecule has 1 atom stereocenters. The first-order valence-corrected chi connectivity index (χ1v) is 12.3. The van der Waals surface area contributed by atoms with Crippen molar-refractivity contribution in [1.82, 2.24) is 5.01 Å². The van der Waals surface area contributed by atoms with E-state index in [1.54, 1.807) is 0 Å². The maximum Gasteiger partial charge on any atom is 0.194 e. The second-order valence-electron chi connectivity index (χ2n) is 9.01. The van der Waals surface area contributed by atoms with E-state index in [-0.39, 0.29) is 6.04 Å².